The van der Waals surface area contributed by atoms with Crippen molar-refractivity contribution in [2.45, 2.75) is 32.1 Å². The second-order valence-corrected chi connectivity index (χ2v) is 7.12. The number of benzene rings is 1. The van der Waals surface area contributed by atoms with Crippen LogP contribution in [0.5, 0.6) is 0 Å². The van der Waals surface area contributed by atoms with Crippen molar-refractivity contribution in [2.75, 3.05) is 19.6 Å². The molecular weight excluding hydrogens is 352 g/mol. The van der Waals surface area contributed by atoms with Gasteiger partial charge in [-0.3, -0.25) is 5.10 Å². The molecule has 1 atom stereocenters. The van der Waals surface area contributed by atoms with Gasteiger partial charge in [-0.2, -0.15) is 10.1 Å². The van der Waals surface area contributed by atoms with Crippen molar-refractivity contribution in [1.29, 1.82) is 0 Å². The van der Waals surface area contributed by atoms with Crippen LogP contribution in [0.1, 0.15) is 36.3 Å². The van der Waals surface area contributed by atoms with E-state index in [-0.39, 0.29) is 0 Å². The van der Waals surface area contributed by atoms with Crippen molar-refractivity contribution >= 4 is 11.6 Å². The molecule has 1 fully saturated rings. The molecule has 8 heteroatoms. The molecule has 3 aromatic rings. The first-order valence-corrected chi connectivity index (χ1v) is 9.25. The fourth-order valence-corrected chi connectivity index (χ4v) is 3.46. The average molecular weight is 373 g/mol. The van der Waals surface area contributed by atoms with Crippen LogP contribution in [0.4, 0.5) is 0 Å². The molecule has 26 heavy (non-hydrogen) atoms. The van der Waals surface area contributed by atoms with Crippen molar-refractivity contribution in [3.63, 3.8) is 0 Å². The first kappa shape index (κ1) is 17.2. The van der Waals surface area contributed by atoms with E-state index in [9.17, 15) is 0 Å². The second-order valence-electron chi connectivity index (χ2n) is 6.69. The monoisotopic (exact) mass is 372 g/mol. The number of likely N-dealkylation sites (tertiary alicyclic amines) is 1. The molecule has 0 spiro atoms. The van der Waals surface area contributed by atoms with Crippen molar-refractivity contribution < 1.29 is 4.52 Å². The summed E-state index contributed by atoms with van der Waals surface area (Å²) in [5.74, 6) is 3.45. The largest absolute Gasteiger partial charge is 0.339 e. The Morgan fingerprint density at radius 1 is 1.27 bits per heavy atom. The number of piperidine rings is 1. The summed E-state index contributed by atoms with van der Waals surface area (Å²) in [5, 5.41) is 12.0. The van der Waals surface area contributed by atoms with Gasteiger partial charge in [-0.05, 0) is 50.6 Å². The van der Waals surface area contributed by atoms with Crippen molar-refractivity contribution in [3.05, 3.63) is 46.8 Å². The number of halogens is 1. The summed E-state index contributed by atoms with van der Waals surface area (Å²) >= 11 is 5.92. The molecule has 1 aliphatic rings. The maximum atomic E-state index is 5.92. The van der Waals surface area contributed by atoms with Gasteiger partial charge in [0, 0.05) is 36.0 Å². The zero-order chi connectivity index (χ0) is 17.9. The molecule has 2 aromatic heterocycles. The molecule has 1 saturated heterocycles. The van der Waals surface area contributed by atoms with Gasteiger partial charge in [-0.25, -0.2) is 4.98 Å². The van der Waals surface area contributed by atoms with Crippen LogP contribution in [0.3, 0.4) is 0 Å². The maximum Gasteiger partial charge on any atom is 0.228 e. The van der Waals surface area contributed by atoms with Gasteiger partial charge in [0.05, 0.1) is 0 Å². The molecule has 1 unspecified atom stereocenters. The Kier molecular flexibility index (Phi) is 4.99. The highest BCUT2D eigenvalue weighted by molar-refractivity contribution is 6.30. The van der Waals surface area contributed by atoms with Crippen LogP contribution in [0.2, 0.25) is 5.02 Å². The van der Waals surface area contributed by atoms with Gasteiger partial charge in [0.2, 0.25) is 11.7 Å². The topological polar surface area (TPSA) is 83.7 Å². The zero-order valence-corrected chi connectivity index (χ0v) is 15.4. The van der Waals surface area contributed by atoms with Gasteiger partial charge in [0.25, 0.3) is 0 Å². The minimum atomic E-state index is 0.390. The van der Waals surface area contributed by atoms with Crippen LogP contribution < -0.4 is 0 Å². The SMILES string of the molecule is Cc1nc(C2CCCN(CCc3nc(-c4ccc(Cl)cc4)no3)C2)n[nH]1. The number of nitrogens with one attached hydrogen (secondary N) is 1. The molecule has 1 N–H and O–H groups in total. The molecular formula is C18H21ClN6O. The molecule has 0 bridgehead atoms. The number of aryl methyl sites for hydroxylation is 1. The van der Waals surface area contributed by atoms with Gasteiger partial charge >= 0.3 is 0 Å². The predicted molar refractivity (Wildman–Crippen MR) is 98.0 cm³/mol. The number of nitrogens with zero attached hydrogens (tertiary/aromatic N) is 5. The Hall–Kier alpha value is -2.25. The fraction of sp³-hybridized carbons (Fsp3) is 0.444. The number of aromatic nitrogens is 5. The second kappa shape index (κ2) is 7.55. The van der Waals surface area contributed by atoms with Crippen LogP contribution in [-0.4, -0.2) is 49.9 Å². The third kappa shape index (κ3) is 3.94. The van der Waals surface area contributed by atoms with E-state index < -0.39 is 0 Å². The normalized spacial score (nSPS) is 18.3. The summed E-state index contributed by atoms with van der Waals surface area (Å²) in [7, 11) is 0. The summed E-state index contributed by atoms with van der Waals surface area (Å²) in [6, 6.07) is 7.44. The Labute approximate surface area is 156 Å². The Morgan fingerprint density at radius 2 is 2.12 bits per heavy atom. The summed E-state index contributed by atoms with van der Waals surface area (Å²) in [4.78, 5) is 11.4. The molecule has 0 amide bonds. The van der Waals surface area contributed by atoms with E-state index in [0.29, 0.717) is 22.7 Å². The molecule has 0 radical (unpaired) electrons. The van der Waals surface area contributed by atoms with Crippen LogP contribution in [0.15, 0.2) is 28.8 Å². The van der Waals surface area contributed by atoms with Gasteiger partial charge < -0.3 is 9.42 Å². The molecule has 3 heterocycles. The minimum absolute atomic E-state index is 0.390. The Bertz CT molecular complexity index is 859. The molecule has 4 rings (SSSR count). The average Bonchev–Trinajstić information content (AvgIpc) is 3.30. The molecule has 0 aliphatic carbocycles. The maximum absolute atomic E-state index is 5.92. The van der Waals surface area contributed by atoms with E-state index in [1.807, 2.05) is 31.2 Å². The molecule has 1 aromatic carbocycles. The van der Waals surface area contributed by atoms with Crippen LogP contribution >= 0.6 is 11.6 Å². The predicted octanol–water partition coefficient (Wildman–Crippen LogP) is 3.24. The van der Waals surface area contributed by atoms with Crippen LogP contribution in [-0.2, 0) is 6.42 Å². The van der Waals surface area contributed by atoms with E-state index >= 15 is 0 Å². The van der Waals surface area contributed by atoms with Crippen LogP contribution in [0.25, 0.3) is 11.4 Å². The van der Waals surface area contributed by atoms with Crippen molar-refractivity contribution in [2.24, 2.45) is 0 Å². The zero-order valence-electron chi connectivity index (χ0n) is 14.7. The van der Waals surface area contributed by atoms with Crippen molar-refractivity contribution in [1.82, 2.24) is 30.2 Å². The quantitative estimate of drug-likeness (QED) is 0.740. The third-order valence-corrected chi connectivity index (χ3v) is 4.95. The van der Waals surface area contributed by atoms with Gasteiger partial charge in [0.15, 0.2) is 5.82 Å². The van der Waals surface area contributed by atoms with E-state index in [0.717, 1.165) is 56.1 Å². The van der Waals surface area contributed by atoms with Gasteiger partial charge in [0.1, 0.15) is 5.82 Å². The number of rotatable bonds is 5. The number of hydrogen-bond acceptors (Lipinski definition) is 6. The number of H-pyrrole nitrogens is 1. The summed E-state index contributed by atoms with van der Waals surface area (Å²) in [6.07, 6.45) is 3.02. The lowest BCUT2D eigenvalue weighted by Gasteiger charge is -2.30. The van der Waals surface area contributed by atoms with Crippen LogP contribution in [0, 0.1) is 6.92 Å². The highest BCUT2D eigenvalue weighted by Crippen LogP contribution is 2.24. The molecule has 136 valence electrons. The Balaban J connectivity index is 1.34. The number of hydrogen-bond donors (Lipinski definition) is 1. The third-order valence-electron chi connectivity index (χ3n) is 4.70. The Morgan fingerprint density at radius 3 is 2.88 bits per heavy atom. The van der Waals surface area contributed by atoms with Gasteiger partial charge in [-0.1, -0.05) is 16.8 Å². The first-order chi connectivity index (χ1) is 12.7. The molecule has 7 nitrogen and oxygen atoms in total. The van der Waals surface area contributed by atoms with E-state index in [2.05, 4.69) is 30.2 Å². The summed E-state index contributed by atoms with van der Waals surface area (Å²) < 4.78 is 5.40. The highest BCUT2D eigenvalue weighted by atomic mass is 35.5. The highest BCUT2D eigenvalue weighted by Gasteiger charge is 2.24. The standard InChI is InChI=1S/C18H21ClN6O/c1-12-20-17(23-22-12)14-3-2-9-25(11-14)10-8-16-21-18(24-26-16)13-4-6-15(19)7-5-13/h4-7,14H,2-3,8-11H2,1H3,(H,20,22,23). The molecule has 1 aliphatic heterocycles. The van der Waals surface area contributed by atoms with Crippen molar-refractivity contribution in [3.8, 4) is 11.4 Å². The van der Waals surface area contributed by atoms with E-state index in [1.165, 1.54) is 0 Å². The van der Waals surface area contributed by atoms with Gasteiger partial charge in [-0.15, -0.1) is 0 Å². The fourth-order valence-electron chi connectivity index (χ4n) is 3.34. The smallest absolute Gasteiger partial charge is 0.228 e. The summed E-state index contributed by atoms with van der Waals surface area (Å²) in [6.45, 7) is 4.88. The number of aromatic amines is 1. The lowest BCUT2D eigenvalue weighted by Crippen LogP contribution is -2.36. The van der Waals surface area contributed by atoms with E-state index in [1.54, 1.807) is 0 Å². The minimum Gasteiger partial charge on any atom is -0.339 e. The molecule has 0 saturated carbocycles. The first-order valence-electron chi connectivity index (χ1n) is 8.87. The lowest BCUT2D eigenvalue weighted by molar-refractivity contribution is 0.200. The van der Waals surface area contributed by atoms with E-state index in [4.69, 9.17) is 16.1 Å². The lowest BCUT2D eigenvalue weighted by atomic mass is 9.97. The summed E-state index contributed by atoms with van der Waals surface area (Å²) in [5.41, 5.74) is 0.905.